The molecule has 0 bridgehead atoms. The van der Waals surface area contributed by atoms with Gasteiger partial charge in [-0.2, -0.15) is 5.10 Å². The second kappa shape index (κ2) is 8.16. The highest BCUT2D eigenvalue weighted by Gasteiger charge is 2.28. The molecule has 4 rings (SSSR count). The van der Waals surface area contributed by atoms with Crippen LogP contribution >= 0.6 is 0 Å². The minimum Gasteiger partial charge on any atom is -0.455 e. The number of aryl methyl sites for hydroxylation is 1. The van der Waals surface area contributed by atoms with Crippen molar-refractivity contribution < 1.29 is 14.1 Å². The summed E-state index contributed by atoms with van der Waals surface area (Å²) in [5.41, 5.74) is 5.93. The van der Waals surface area contributed by atoms with Gasteiger partial charge >= 0.3 is 0 Å². The Bertz CT molecular complexity index is 1120. The van der Waals surface area contributed by atoms with Gasteiger partial charge in [0.2, 0.25) is 0 Å². The van der Waals surface area contributed by atoms with Crippen molar-refractivity contribution in [1.29, 1.82) is 0 Å². The first-order chi connectivity index (χ1) is 14.5. The van der Waals surface area contributed by atoms with Crippen LogP contribution in [0.25, 0.3) is 0 Å². The summed E-state index contributed by atoms with van der Waals surface area (Å²) in [4.78, 5) is 27.1. The Balaban J connectivity index is 1.57. The molecule has 2 heterocycles. The number of nitrogens with zero attached hydrogens (tertiary/aromatic N) is 3. The zero-order valence-electron chi connectivity index (χ0n) is 16.2. The van der Waals surface area contributed by atoms with Crippen LogP contribution in [0, 0.1) is 17.0 Å². The van der Waals surface area contributed by atoms with Gasteiger partial charge in [-0.15, -0.1) is 0 Å². The number of nitro groups is 1. The maximum absolute atomic E-state index is 12.7. The molecule has 0 unspecified atom stereocenters. The lowest BCUT2D eigenvalue weighted by Gasteiger charge is -2.13. The number of rotatable bonds is 5. The van der Waals surface area contributed by atoms with Crippen molar-refractivity contribution in [3.8, 4) is 0 Å². The number of hydrogen-bond acceptors (Lipinski definition) is 7. The summed E-state index contributed by atoms with van der Waals surface area (Å²) in [6, 6.07) is 11.3. The largest absolute Gasteiger partial charge is 0.455 e. The summed E-state index contributed by atoms with van der Waals surface area (Å²) in [6.45, 7) is 1.84. The van der Waals surface area contributed by atoms with Gasteiger partial charge in [0.05, 0.1) is 16.3 Å². The lowest BCUT2D eigenvalue weighted by molar-refractivity contribution is -0.384. The number of anilines is 2. The number of amides is 1. The Hall–Kier alpha value is -4.01. The van der Waals surface area contributed by atoms with Crippen molar-refractivity contribution in [2.75, 3.05) is 10.7 Å². The van der Waals surface area contributed by atoms with Gasteiger partial charge in [0.25, 0.3) is 11.6 Å². The van der Waals surface area contributed by atoms with Crippen molar-refractivity contribution in [3.05, 3.63) is 81.4 Å². The van der Waals surface area contributed by atoms with E-state index in [9.17, 15) is 14.9 Å². The third kappa shape index (κ3) is 3.90. The Morgan fingerprint density at radius 3 is 2.70 bits per heavy atom. The van der Waals surface area contributed by atoms with E-state index in [-0.39, 0.29) is 17.4 Å². The SMILES string of the molecule is Cc1c(C(=O)Nc2ccccn2)oc2c1/C(=N/Nc1ccc([N+](=O)[O-])cc1)CCC2. The topological polar surface area (TPSA) is 123 Å². The standard InChI is InChI=1S/C21H19N5O4/c1-13-19-16(25-24-14-8-10-15(11-9-14)26(28)29)5-4-6-17(19)30-20(13)21(27)23-18-7-2-3-12-22-18/h2-3,7-12,24H,4-6H2,1H3,(H,22,23,27)/b25-16+. The van der Waals surface area contributed by atoms with Crippen LogP contribution < -0.4 is 10.7 Å². The molecule has 30 heavy (non-hydrogen) atoms. The van der Waals surface area contributed by atoms with Crippen LogP contribution in [0.15, 0.2) is 58.2 Å². The van der Waals surface area contributed by atoms with Gasteiger partial charge in [0.15, 0.2) is 5.76 Å². The molecule has 1 amide bonds. The predicted molar refractivity (Wildman–Crippen MR) is 112 cm³/mol. The number of fused-ring (bicyclic) bond motifs is 1. The van der Waals surface area contributed by atoms with Gasteiger partial charge < -0.3 is 9.73 Å². The van der Waals surface area contributed by atoms with Crippen molar-refractivity contribution >= 4 is 28.8 Å². The summed E-state index contributed by atoms with van der Waals surface area (Å²) in [5.74, 6) is 1.07. The molecule has 1 aromatic carbocycles. The van der Waals surface area contributed by atoms with E-state index >= 15 is 0 Å². The normalized spacial score (nSPS) is 14.2. The van der Waals surface area contributed by atoms with E-state index in [0.29, 0.717) is 11.5 Å². The molecule has 2 N–H and O–H groups in total. The van der Waals surface area contributed by atoms with Crippen LogP contribution in [0.4, 0.5) is 17.2 Å². The summed E-state index contributed by atoms with van der Waals surface area (Å²) >= 11 is 0. The molecule has 1 aliphatic rings. The van der Waals surface area contributed by atoms with Crippen LogP contribution in [0.3, 0.4) is 0 Å². The molecule has 0 saturated heterocycles. The van der Waals surface area contributed by atoms with E-state index in [4.69, 9.17) is 4.42 Å². The number of nitro benzene ring substituents is 1. The van der Waals surface area contributed by atoms with Crippen LogP contribution in [-0.2, 0) is 6.42 Å². The smallest absolute Gasteiger partial charge is 0.292 e. The maximum Gasteiger partial charge on any atom is 0.292 e. The molecule has 9 nitrogen and oxygen atoms in total. The van der Waals surface area contributed by atoms with E-state index in [1.54, 1.807) is 36.5 Å². The second-order valence-corrected chi connectivity index (χ2v) is 6.85. The number of carbonyl (C=O) groups is 1. The van der Waals surface area contributed by atoms with Crippen LogP contribution in [-0.4, -0.2) is 21.5 Å². The number of aromatic nitrogens is 1. The molecule has 0 aliphatic heterocycles. The molecule has 152 valence electrons. The molecular weight excluding hydrogens is 386 g/mol. The number of furan rings is 1. The Kier molecular flexibility index (Phi) is 5.25. The molecule has 0 fully saturated rings. The summed E-state index contributed by atoms with van der Waals surface area (Å²) in [6.07, 6.45) is 3.91. The maximum atomic E-state index is 12.7. The van der Waals surface area contributed by atoms with Gasteiger partial charge in [0.1, 0.15) is 11.6 Å². The fraction of sp³-hybridized carbons (Fsp3) is 0.190. The van der Waals surface area contributed by atoms with E-state index < -0.39 is 4.92 Å². The van der Waals surface area contributed by atoms with Crippen molar-refractivity contribution in [2.45, 2.75) is 26.2 Å². The fourth-order valence-corrected chi connectivity index (χ4v) is 3.40. The molecule has 2 aromatic heterocycles. The number of non-ortho nitro benzene ring substituents is 1. The number of hydrazone groups is 1. The number of nitrogens with one attached hydrogen (secondary N) is 2. The van der Waals surface area contributed by atoms with Crippen LogP contribution in [0.5, 0.6) is 0 Å². The summed E-state index contributed by atoms with van der Waals surface area (Å²) < 4.78 is 5.87. The molecule has 0 radical (unpaired) electrons. The first-order valence-corrected chi connectivity index (χ1v) is 9.45. The highest BCUT2D eigenvalue weighted by Crippen LogP contribution is 2.30. The van der Waals surface area contributed by atoms with Crippen LogP contribution in [0.2, 0.25) is 0 Å². The van der Waals surface area contributed by atoms with Gasteiger partial charge in [-0.1, -0.05) is 6.07 Å². The van der Waals surface area contributed by atoms with Crippen molar-refractivity contribution in [2.24, 2.45) is 5.10 Å². The quantitative estimate of drug-likeness (QED) is 0.482. The number of carbonyl (C=O) groups excluding carboxylic acids is 1. The molecule has 0 atom stereocenters. The second-order valence-electron chi connectivity index (χ2n) is 6.85. The average molecular weight is 405 g/mol. The van der Waals surface area contributed by atoms with Crippen LogP contribution in [0.1, 0.15) is 40.3 Å². The molecule has 1 aliphatic carbocycles. The van der Waals surface area contributed by atoms with Gasteiger partial charge in [-0.25, -0.2) is 4.98 Å². The lowest BCUT2D eigenvalue weighted by atomic mass is 9.93. The summed E-state index contributed by atoms with van der Waals surface area (Å²) in [7, 11) is 0. The Labute approximate surface area is 172 Å². The number of hydrogen-bond donors (Lipinski definition) is 2. The third-order valence-corrected chi connectivity index (χ3v) is 4.84. The van der Waals surface area contributed by atoms with E-state index in [2.05, 4.69) is 20.8 Å². The molecule has 0 saturated carbocycles. The molecule has 9 heteroatoms. The Morgan fingerprint density at radius 1 is 1.20 bits per heavy atom. The zero-order chi connectivity index (χ0) is 21.1. The van der Waals surface area contributed by atoms with Gasteiger partial charge in [-0.3, -0.25) is 20.3 Å². The van der Waals surface area contributed by atoms with Crippen molar-refractivity contribution in [1.82, 2.24) is 4.98 Å². The first-order valence-electron chi connectivity index (χ1n) is 9.45. The van der Waals surface area contributed by atoms with Crippen molar-refractivity contribution in [3.63, 3.8) is 0 Å². The van der Waals surface area contributed by atoms with Gasteiger partial charge in [-0.05, 0) is 44.0 Å². The lowest BCUT2D eigenvalue weighted by Crippen LogP contribution is -2.15. The zero-order valence-corrected chi connectivity index (χ0v) is 16.2. The average Bonchev–Trinajstić information content (AvgIpc) is 3.10. The molecule has 0 spiro atoms. The minimum atomic E-state index is -0.449. The third-order valence-electron chi connectivity index (χ3n) is 4.84. The molecule has 3 aromatic rings. The summed E-state index contributed by atoms with van der Waals surface area (Å²) in [5, 5.41) is 18.0. The predicted octanol–water partition coefficient (Wildman–Crippen LogP) is 4.30. The number of benzene rings is 1. The molecular formula is C21H19N5O4. The highest BCUT2D eigenvalue weighted by atomic mass is 16.6. The van der Waals surface area contributed by atoms with Gasteiger partial charge in [0, 0.05) is 35.9 Å². The van der Waals surface area contributed by atoms with E-state index in [1.165, 1.54) is 12.1 Å². The minimum absolute atomic E-state index is 0.0161. The van der Waals surface area contributed by atoms with E-state index in [0.717, 1.165) is 41.9 Å². The highest BCUT2D eigenvalue weighted by molar-refractivity contribution is 6.09. The first kappa shape index (κ1) is 19.3. The van der Waals surface area contributed by atoms with E-state index in [1.807, 2.05) is 6.92 Å². The monoisotopic (exact) mass is 405 g/mol. The number of pyridine rings is 1. The fourth-order valence-electron chi connectivity index (χ4n) is 3.40. The Morgan fingerprint density at radius 2 is 2.00 bits per heavy atom.